The number of aldehydes is 1. The number of fused-ring (bicyclic) bond motifs is 12. The summed E-state index contributed by atoms with van der Waals surface area (Å²) in [5.74, 6) is 0. The van der Waals surface area contributed by atoms with Gasteiger partial charge in [0, 0.05) is 21.8 Å². The van der Waals surface area contributed by atoms with Gasteiger partial charge in [0.1, 0.15) is 6.29 Å². The van der Waals surface area contributed by atoms with E-state index in [1.807, 2.05) is 12.1 Å². The highest BCUT2D eigenvalue weighted by atomic mass is 16.1. The molecule has 3 aliphatic carbocycles. The third-order valence-corrected chi connectivity index (χ3v) is 21.2. The van der Waals surface area contributed by atoms with E-state index in [0.717, 1.165) is 11.8 Å². The lowest BCUT2D eigenvalue weighted by Gasteiger charge is -2.40. The fourth-order valence-electron chi connectivity index (χ4n) is 16.7. The van der Waals surface area contributed by atoms with Crippen molar-refractivity contribution in [2.45, 2.75) is 264 Å². The summed E-state index contributed by atoms with van der Waals surface area (Å²) >= 11 is 0. The first kappa shape index (κ1) is 62.3. The van der Waals surface area contributed by atoms with Crippen LogP contribution in [0.3, 0.4) is 0 Å². The third-order valence-electron chi connectivity index (χ3n) is 21.2. The Morgan fingerprint density at radius 3 is 0.753 bits per heavy atom. The topological polar surface area (TPSA) is 17.1 Å². The van der Waals surface area contributed by atoms with Gasteiger partial charge in [0.05, 0.1) is 0 Å². The molecular formula is C84H106O. The quantitative estimate of drug-likeness (QED) is 0.0290. The molecule has 0 fully saturated rings. The van der Waals surface area contributed by atoms with Crippen molar-refractivity contribution in [1.29, 1.82) is 0 Å². The first-order valence-electron chi connectivity index (χ1n) is 35.1. The maximum Gasteiger partial charge on any atom is 0.150 e. The van der Waals surface area contributed by atoms with Crippen LogP contribution < -0.4 is 0 Å². The molecule has 85 heavy (non-hydrogen) atoms. The summed E-state index contributed by atoms with van der Waals surface area (Å²) in [4.78, 5) is 12.1. The summed E-state index contributed by atoms with van der Waals surface area (Å²) in [6.45, 7) is 18.9. The Balaban J connectivity index is 1.41. The lowest BCUT2D eigenvalue weighted by Crippen LogP contribution is -2.31. The molecule has 0 spiro atoms. The van der Waals surface area contributed by atoms with Gasteiger partial charge in [-0.2, -0.15) is 0 Å². The Bertz CT molecular complexity index is 3240. The summed E-state index contributed by atoms with van der Waals surface area (Å²) in [5, 5.41) is 0. The molecule has 0 N–H and O–H groups in total. The zero-order valence-corrected chi connectivity index (χ0v) is 54.3. The van der Waals surface area contributed by atoms with E-state index in [1.54, 1.807) is 61.2 Å². The van der Waals surface area contributed by atoms with Crippen LogP contribution in [0.2, 0.25) is 0 Å². The predicted octanol–water partition coefficient (Wildman–Crippen LogP) is 25.7. The van der Waals surface area contributed by atoms with Crippen LogP contribution in [0, 0.1) is 13.8 Å². The molecule has 0 saturated carbocycles. The number of aryl methyl sites for hydroxylation is 2. The molecule has 10 rings (SSSR count). The van der Waals surface area contributed by atoms with Crippen molar-refractivity contribution in [3.05, 3.63) is 177 Å². The summed E-state index contributed by atoms with van der Waals surface area (Å²) in [6.07, 6.45) is 38.2. The zero-order valence-electron chi connectivity index (χ0n) is 54.3. The molecule has 0 radical (unpaired) electrons. The van der Waals surface area contributed by atoms with Crippen LogP contribution in [-0.2, 0) is 16.2 Å². The van der Waals surface area contributed by atoms with Crippen LogP contribution >= 0.6 is 0 Å². The van der Waals surface area contributed by atoms with E-state index < -0.39 is 0 Å². The van der Waals surface area contributed by atoms with Crippen molar-refractivity contribution < 1.29 is 4.79 Å². The molecule has 0 aliphatic heterocycles. The molecule has 3 aliphatic rings. The fourth-order valence-corrected chi connectivity index (χ4v) is 16.7. The fraction of sp³-hybridized carbons (Fsp3) is 0.488. The van der Waals surface area contributed by atoms with Gasteiger partial charge in [-0.3, -0.25) is 4.79 Å². The Labute approximate surface area is 516 Å². The third kappa shape index (κ3) is 12.4. The smallest absolute Gasteiger partial charge is 0.150 e. The largest absolute Gasteiger partial charge is 0.298 e. The van der Waals surface area contributed by atoms with Gasteiger partial charge in [0.25, 0.3) is 0 Å². The molecule has 448 valence electrons. The summed E-state index contributed by atoms with van der Waals surface area (Å²) in [5.41, 5.74) is 30.3. The maximum absolute atomic E-state index is 12.1. The Morgan fingerprint density at radius 1 is 0.282 bits per heavy atom. The van der Waals surface area contributed by atoms with Gasteiger partial charge >= 0.3 is 0 Å². The molecule has 1 heteroatoms. The van der Waals surface area contributed by atoms with Crippen LogP contribution in [0.15, 0.2) is 127 Å². The lowest BCUT2D eigenvalue weighted by atomic mass is 9.63. The van der Waals surface area contributed by atoms with Crippen molar-refractivity contribution in [3.63, 3.8) is 0 Å². The molecule has 7 aromatic rings. The molecule has 0 heterocycles. The van der Waals surface area contributed by atoms with E-state index >= 15 is 0 Å². The van der Waals surface area contributed by atoms with E-state index in [1.165, 1.54) is 243 Å². The van der Waals surface area contributed by atoms with Gasteiger partial charge in [-0.25, -0.2) is 0 Å². The minimum absolute atomic E-state index is 0.157. The molecule has 7 aromatic carbocycles. The van der Waals surface area contributed by atoms with Crippen molar-refractivity contribution >= 4 is 6.29 Å². The first-order chi connectivity index (χ1) is 41.7. The number of benzene rings is 7. The van der Waals surface area contributed by atoms with Gasteiger partial charge in [-0.05, 0) is 171 Å². The van der Waals surface area contributed by atoms with Crippen LogP contribution in [0.25, 0.3) is 66.8 Å². The highest BCUT2D eigenvalue weighted by molar-refractivity contribution is 6.06. The van der Waals surface area contributed by atoms with Crippen molar-refractivity contribution in [1.82, 2.24) is 0 Å². The van der Waals surface area contributed by atoms with E-state index in [2.05, 4.69) is 171 Å². The highest BCUT2D eigenvalue weighted by Crippen LogP contribution is 2.72. The van der Waals surface area contributed by atoms with Crippen LogP contribution in [0.5, 0.6) is 0 Å². The van der Waals surface area contributed by atoms with Gasteiger partial charge in [0.15, 0.2) is 0 Å². The van der Waals surface area contributed by atoms with Gasteiger partial charge < -0.3 is 0 Å². The molecule has 0 saturated heterocycles. The normalized spacial score (nSPS) is 14.4. The molecule has 0 unspecified atom stereocenters. The average Bonchev–Trinajstić information content (AvgIpc) is 1.49. The van der Waals surface area contributed by atoms with Gasteiger partial charge in [-0.1, -0.05) is 316 Å². The van der Waals surface area contributed by atoms with E-state index in [-0.39, 0.29) is 16.2 Å². The monoisotopic (exact) mass is 1130 g/mol. The second-order valence-corrected chi connectivity index (χ2v) is 27.1. The van der Waals surface area contributed by atoms with E-state index in [0.29, 0.717) is 0 Å². The minimum Gasteiger partial charge on any atom is -0.298 e. The van der Waals surface area contributed by atoms with Crippen LogP contribution in [-0.4, -0.2) is 6.29 Å². The molecule has 0 aromatic heterocycles. The molecule has 0 atom stereocenters. The average molecular weight is 1130 g/mol. The molecule has 1 nitrogen and oxygen atoms in total. The van der Waals surface area contributed by atoms with Crippen LogP contribution in [0.1, 0.15) is 289 Å². The summed E-state index contributed by atoms with van der Waals surface area (Å²) < 4.78 is 0. The maximum atomic E-state index is 12.1. The summed E-state index contributed by atoms with van der Waals surface area (Å²) in [6, 6.07) is 51.2. The predicted molar refractivity (Wildman–Crippen MR) is 369 cm³/mol. The standard InChI is InChI=1S/C84H106O/c1-9-15-21-27-51-82(52-28-22-16-10-2)74-58-68(65-41-35-62(8)36-42-65)46-49-71(74)77-79(82)76-70-48-45-67(64-39-33-61(7)34-40-64)57-73(70)83(53-29-23-17-11-3,54-30-24-18-12-4)80(76)78-72-50-47-69(66-43-37-63(60-85)38-44-66)59-75(72)84(81(77)78,55-31-25-19-13-5)56-32-26-20-14-6/h33-50,57-60H,9-32,51-56H2,1-8H3. The van der Waals surface area contributed by atoms with Crippen molar-refractivity contribution in [3.8, 4) is 66.8 Å². The Morgan fingerprint density at radius 2 is 0.518 bits per heavy atom. The second kappa shape index (κ2) is 28.8. The van der Waals surface area contributed by atoms with E-state index in [4.69, 9.17) is 0 Å². The zero-order chi connectivity index (χ0) is 59.4. The van der Waals surface area contributed by atoms with Crippen LogP contribution in [0.4, 0.5) is 0 Å². The molecule has 0 bridgehead atoms. The number of hydrogen-bond donors (Lipinski definition) is 0. The second-order valence-electron chi connectivity index (χ2n) is 27.1. The summed E-state index contributed by atoms with van der Waals surface area (Å²) in [7, 11) is 0. The van der Waals surface area contributed by atoms with Gasteiger partial charge in [-0.15, -0.1) is 0 Å². The number of carbonyl (C=O) groups excluding carboxylic acids is 1. The first-order valence-corrected chi connectivity index (χ1v) is 35.1. The molecular weight excluding hydrogens is 1020 g/mol. The SMILES string of the molecule is CCCCCCC1(CCCCCC)c2cc(-c3ccc(C)cc3)ccc2-c2c1c1c(c3c2C(CCCCCC)(CCCCCC)c2cc(-c4ccc(C=O)cc4)ccc2-3)C(CCCCCC)(CCCCCC)c2cc(-c3ccc(C)cc3)ccc2-1. The van der Waals surface area contributed by atoms with Crippen molar-refractivity contribution in [2.24, 2.45) is 0 Å². The van der Waals surface area contributed by atoms with Gasteiger partial charge in [0.2, 0.25) is 0 Å². The number of unbranched alkanes of at least 4 members (excludes halogenated alkanes) is 18. The van der Waals surface area contributed by atoms with Crippen molar-refractivity contribution in [2.75, 3.05) is 0 Å². The lowest BCUT2D eigenvalue weighted by molar-refractivity contribution is 0.112. The molecule has 0 amide bonds. The Kier molecular flexibility index (Phi) is 21.1. The number of rotatable bonds is 34. The number of carbonyl (C=O) groups is 1. The number of hydrogen-bond acceptors (Lipinski definition) is 1. The Hall–Kier alpha value is -5.79. The highest BCUT2D eigenvalue weighted by Gasteiger charge is 2.57. The van der Waals surface area contributed by atoms with E-state index in [9.17, 15) is 4.79 Å². The minimum atomic E-state index is -0.185.